The Hall–Kier alpha value is -6.98. The van der Waals surface area contributed by atoms with E-state index in [-0.39, 0.29) is 6.71 Å². The van der Waals surface area contributed by atoms with Crippen molar-refractivity contribution in [3.8, 4) is 28.6 Å². The average molecular weight is 674 g/mol. The average Bonchev–Trinajstić information content (AvgIpc) is 3.85. The van der Waals surface area contributed by atoms with E-state index < -0.39 is 0 Å². The number of para-hydroxylation sites is 6. The van der Waals surface area contributed by atoms with Crippen molar-refractivity contribution in [2.24, 2.45) is 0 Å². The summed E-state index contributed by atoms with van der Waals surface area (Å²) in [6, 6.07) is 62.1. The van der Waals surface area contributed by atoms with Gasteiger partial charge in [0.05, 0.1) is 33.3 Å². The van der Waals surface area contributed by atoms with Gasteiger partial charge in [-0.3, -0.25) is 0 Å². The highest BCUT2D eigenvalue weighted by Crippen LogP contribution is 2.43. The lowest BCUT2D eigenvalue weighted by Gasteiger charge is -2.33. The van der Waals surface area contributed by atoms with Crippen LogP contribution in [0.5, 0.6) is 11.5 Å². The van der Waals surface area contributed by atoms with E-state index in [9.17, 15) is 0 Å². The van der Waals surface area contributed by atoms with Gasteiger partial charge in [0.25, 0.3) is 6.71 Å². The number of aromatic nitrogens is 3. The molecule has 0 N–H and O–H groups in total. The van der Waals surface area contributed by atoms with E-state index in [0.29, 0.717) is 0 Å². The molecule has 2 aliphatic rings. The van der Waals surface area contributed by atoms with Crippen LogP contribution in [0, 0.1) is 0 Å². The Morgan fingerprint density at radius 2 is 0.925 bits per heavy atom. The molecule has 5 heterocycles. The molecular weight excluding hydrogens is 645 g/mol. The first-order chi connectivity index (χ1) is 26.3. The number of hydrogen-bond acceptors (Lipinski definition) is 1. The van der Waals surface area contributed by atoms with Crippen molar-refractivity contribution in [3.63, 3.8) is 0 Å². The lowest BCUT2D eigenvalue weighted by molar-refractivity contribution is 0.487. The van der Waals surface area contributed by atoms with Crippen molar-refractivity contribution in [2.75, 3.05) is 0 Å². The second-order valence-electron chi connectivity index (χ2n) is 14.5. The second kappa shape index (κ2) is 9.87. The summed E-state index contributed by atoms with van der Waals surface area (Å²) in [5.74, 6) is 1.83. The largest absolute Gasteiger partial charge is 0.458 e. The van der Waals surface area contributed by atoms with Gasteiger partial charge in [-0.25, -0.2) is 0 Å². The number of hydrogen-bond donors (Lipinski definition) is 0. The van der Waals surface area contributed by atoms with Crippen LogP contribution in [0.2, 0.25) is 0 Å². The van der Waals surface area contributed by atoms with Crippen LogP contribution >= 0.6 is 0 Å². The van der Waals surface area contributed by atoms with E-state index in [1.807, 2.05) is 0 Å². The quantitative estimate of drug-likeness (QED) is 0.168. The fourth-order valence-electron chi connectivity index (χ4n) is 9.79. The molecule has 0 unspecified atom stereocenters. The van der Waals surface area contributed by atoms with Crippen LogP contribution < -0.4 is 21.1 Å². The minimum Gasteiger partial charge on any atom is -0.458 e. The zero-order chi connectivity index (χ0) is 34.4. The minimum absolute atomic E-state index is 0.0473. The maximum absolute atomic E-state index is 6.94. The molecule has 53 heavy (non-hydrogen) atoms. The van der Waals surface area contributed by atoms with Gasteiger partial charge < -0.3 is 18.4 Å². The molecule has 0 amide bonds. The van der Waals surface area contributed by atoms with Gasteiger partial charge in [-0.15, -0.1) is 0 Å². The fraction of sp³-hybridized carbons (Fsp3) is 0. The van der Waals surface area contributed by atoms with Crippen molar-refractivity contribution in [1.29, 1.82) is 0 Å². The molecule has 0 spiro atoms. The molecule has 8 aromatic carbocycles. The molecule has 5 heteroatoms. The van der Waals surface area contributed by atoms with Crippen LogP contribution in [-0.2, 0) is 0 Å². The summed E-state index contributed by atoms with van der Waals surface area (Å²) in [6.45, 7) is 0.0473. The maximum Gasteiger partial charge on any atom is 0.256 e. The van der Waals surface area contributed by atoms with E-state index >= 15 is 0 Å². The Labute approximate surface area is 304 Å². The maximum atomic E-state index is 6.94. The summed E-state index contributed by atoms with van der Waals surface area (Å²) in [7, 11) is 0. The first-order valence-electron chi connectivity index (χ1n) is 18.3. The molecule has 244 valence electrons. The zero-order valence-corrected chi connectivity index (χ0v) is 28.5. The third-order valence-corrected chi connectivity index (χ3v) is 11.9. The predicted octanol–water partition coefficient (Wildman–Crippen LogP) is 9.91. The van der Waals surface area contributed by atoms with Gasteiger partial charge in [0.1, 0.15) is 11.5 Å². The summed E-state index contributed by atoms with van der Waals surface area (Å²) in [4.78, 5) is 0. The molecule has 0 aliphatic carbocycles. The van der Waals surface area contributed by atoms with Gasteiger partial charge in [-0.05, 0) is 71.0 Å². The molecule has 11 aromatic rings. The summed E-state index contributed by atoms with van der Waals surface area (Å²) in [6.07, 6.45) is 0. The summed E-state index contributed by atoms with van der Waals surface area (Å²) < 4.78 is 14.3. The van der Waals surface area contributed by atoms with E-state index in [2.05, 4.69) is 184 Å². The van der Waals surface area contributed by atoms with Crippen LogP contribution in [0.3, 0.4) is 0 Å². The minimum atomic E-state index is 0.0473. The van der Waals surface area contributed by atoms with Crippen LogP contribution in [0.25, 0.3) is 82.5 Å². The molecule has 3 aromatic heterocycles. The number of benzene rings is 8. The Kier molecular flexibility index (Phi) is 5.16. The van der Waals surface area contributed by atoms with Crippen molar-refractivity contribution < 1.29 is 4.74 Å². The smallest absolute Gasteiger partial charge is 0.256 e. The van der Waals surface area contributed by atoms with Crippen LogP contribution in [-0.4, -0.2) is 20.4 Å². The normalized spacial score (nSPS) is 13.0. The van der Waals surface area contributed by atoms with Crippen molar-refractivity contribution >= 4 is 88.5 Å². The monoisotopic (exact) mass is 673 g/mol. The van der Waals surface area contributed by atoms with Gasteiger partial charge in [0, 0.05) is 55.3 Å². The van der Waals surface area contributed by atoms with Crippen molar-refractivity contribution in [3.05, 3.63) is 170 Å². The predicted molar refractivity (Wildman–Crippen MR) is 221 cm³/mol. The summed E-state index contributed by atoms with van der Waals surface area (Å²) >= 11 is 0. The SMILES string of the molecule is c1ccc(-n2c3ccccc3c3cc4c5cccc6c5n(c4cc32)-c2cc(-n3c4ccccc4c4ccccc43)cc3c2B6c2ccccc2O3)cc1. The lowest BCUT2D eigenvalue weighted by Crippen LogP contribution is -2.58. The molecule has 0 bridgehead atoms. The van der Waals surface area contributed by atoms with Crippen molar-refractivity contribution in [1.82, 2.24) is 13.7 Å². The third kappa shape index (κ3) is 3.47. The van der Waals surface area contributed by atoms with Gasteiger partial charge in [0.2, 0.25) is 0 Å². The Balaban J connectivity index is 1.21. The lowest BCUT2D eigenvalue weighted by atomic mass is 9.34. The Morgan fingerprint density at radius 1 is 0.358 bits per heavy atom. The van der Waals surface area contributed by atoms with Gasteiger partial charge in [-0.2, -0.15) is 0 Å². The van der Waals surface area contributed by atoms with Gasteiger partial charge in [0.15, 0.2) is 0 Å². The Bertz CT molecular complexity index is 3330. The molecule has 0 atom stereocenters. The molecular formula is C48H28BN3O. The summed E-state index contributed by atoms with van der Waals surface area (Å²) in [5.41, 5.74) is 14.4. The summed E-state index contributed by atoms with van der Waals surface area (Å²) in [5, 5.41) is 7.54. The molecule has 0 saturated heterocycles. The third-order valence-electron chi connectivity index (χ3n) is 11.9. The number of rotatable bonds is 2. The van der Waals surface area contributed by atoms with Crippen LogP contribution in [0.15, 0.2) is 170 Å². The topological polar surface area (TPSA) is 24.0 Å². The molecule has 0 saturated carbocycles. The molecule has 0 fully saturated rings. The number of ether oxygens (including phenoxy) is 1. The highest BCUT2D eigenvalue weighted by molar-refractivity contribution is 6.99. The van der Waals surface area contributed by atoms with Crippen molar-refractivity contribution in [2.45, 2.75) is 0 Å². The number of nitrogens with zero attached hydrogens (tertiary/aromatic N) is 3. The van der Waals surface area contributed by atoms with Crippen LogP contribution in [0.4, 0.5) is 0 Å². The highest BCUT2D eigenvalue weighted by Gasteiger charge is 2.41. The number of fused-ring (bicyclic) bond motifs is 13. The Morgan fingerprint density at radius 3 is 1.68 bits per heavy atom. The molecule has 13 rings (SSSR count). The molecule has 2 aliphatic heterocycles. The van der Waals surface area contributed by atoms with E-state index in [1.54, 1.807) is 0 Å². The van der Waals surface area contributed by atoms with E-state index in [4.69, 9.17) is 4.74 Å². The van der Waals surface area contributed by atoms with Gasteiger partial charge in [-0.1, -0.05) is 109 Å². The van der Waals surface area contributed by atoms with E-state index in [1.165, 1.54) is 87.5 Å². The first-order valence-corrected chi connectivity index (χ1v) is 18.3. The zero-order valence-electron chi connectivity index (χ0n) is 28.5. The van der Waals surface area contributed by atoms with Gasteiger partial charge >= 0.3 is 0 Å². The molecule has 0 radical (unpaired) electrons. The fourth-order valence-corrected chi connectivity index (χ4v) is 9.79. The highest BCUT2D eigenvalue weighted by atomic mass is 16.5. The molecule has 4 nitrogen and oxygen atoms in total. The second-order valence-corrected chi connectivity index (χ2v) is 14.5. The first kappa shape index (κ1) is 27.7. The van der Waals surface area contributed by atoms with Crippen LogP contribution in [0.1, 0.15) is 0 Å². The standard InChI is InChI=1S/C48H28BN3O/c1-2-13-29(14-3-1)50-41-23-10-6-17-33(41)35-27-36-34-18-12-20-38-48(34)52(43(36)28-42(35)50)44-25-30(26-46-47(44)49(38)37-19-7-11-24-45(37)53-46)51-39-21-8-4-15-31(39)32-16-5-9-22-40(32)51/h1-28H. The van der Waals surface area contributed by atoms with E-state index in [0.717, 1.165) is 22.9 Å².